The summed E-state index contributed by atoms with van der Waals surface area (Å²) in [6, 6.07) is 25.9. The number of aromatic hydroxyl groups is 1. The molecule has 0 aliphatic rings. The maximum Gasteiger partial charge on any atom is 0.330 e. The van der Waals surface area contributed by atoms with E-state index in [-0.39, 0.29) is 17.8 Å². The summed E-state index contributed by atoms with van der Waals surface area (Å²) in [4.78, 5) is 12.9. The lowest BCUT2D eigenvalue weighted by Gasteiger charge is -2.10. The molecular weight excluding hydrogens is 380 g/mol. The summed E-state index contributed by atoms with van der Waals surface area (Å²) in [7, 11) is 0. The van der Waals surface area contributed by atoms with E-state index >= 15 is 0 Å². The van der Waals surface area contributed by atoms with E-state index in [9.17, 15) is 5.11 Å². The first-order valence-electron chi connectivity index (χ1n) is 9.48. The molecule has 4 aromatic rings. The predicted molar refractivity (Wildman–Crippen MR) is 113 cm³/mol. The number of rotatable bonds is 8. The largest absolute Gasteiger partial charge is 0.508 e. The van der Waals surface area contributed by atoms with Crippen molar-refractivity contribution in [3.8, 4) is 29.3 Å². The number of hydrogen-bond acceptors (Lipinski definition) is 7. The Morgan fingerprint density at radius 1 is 0.667 bits per heavy atom. The molecule has 0 saturated heterocycles. The topological polar surface area (TPSA) is 89.4 Å². The molecule has 4 rings (SSSR count). The zero-order chi connectivity index (χ0) is 20.6. The molecule has 2 N–H and O–H groups in total. The van der Waals surface area contributed by atoms with Gasteiger partial charge < -0.3 is 19.9 Å². The van der Waals surface area contributed by atoms with Gasteiger partial charge in [-0.25, -0.2) is 0 Å². The highest BCUT2D eigenvalue weighted by molar-refractivity contribution is 5.33. The number of anilines is 1. The minimum Gasteiger partial charge on any atom is -0.508 e. The van der Waals surface area contributed by atoms with E-state index in [2.05, 4.69) is 20.3 Å². The van der Waals surface area contributed by atoms with Crippen molar-refractivity contribution in [2.45, 2.75) is 6.42 Å². The second-order valence-electron chi connectivity index (χ2n) is 6.40. The first kappa shape index (κ1) is 19.2. The molecule has 0 amide bonds. The van der Waals surface area contributed by atoms with Crippen LogP contribution in [0, 0.1) is 0 Å². The van der Waals surface area contributed by atoms with Gasteiger partial charge in [0.15, 0.2) is 0 Å². The second-order valence-corrected chi connectivity index (χ2v) is 6.40. The average molecular weight is 400 g/mol. The quantitative estimate of drug-likeness (QED) is 0.438. The third-order valence-electron chi connectivity index (χ3n) is 4.13. The maximum atomic E-state index is 9.39. The monoisotopic (exact) mass is 400 g/mol. The van der Waals surface area contributed by atoms with Crippen molar-refractivity contribution in [3.05, 3.63) is 90.5 Å². The van der Waals surface area contributed by atoms with Gasteiger partial charge in [0, 0.05) is 6.54 Å². The Balaban J connectivity index is 1.50. The molecule has 0 atom stereocenters. The molecule has 7 nitrogen and oxygen atoms in total. The van der Waals surface area contributed by atoms with Crippen LogP contribution in [-0.2, 0) is 6.42 Å². The van der Waals surface area contributed by atoms with Gasteiger partial charge in [-0.3, -0.25) is 0 Å². The molecule has 0 spiro atoms. The third-order valence-corrected chi connectivity index (χ3v) is 4.13. The number of ether oxygens (including phenoxy) is 2. The average Bonchev–Trinajstić information content (AvgIpc) is 2.76. The summed E-state index contributed by atoms with van der Waals surface area (Å²) < 4.78 is 11.5. The van der Waals surface area contributed by atoms with Crippen molar-refractivity contribution in [2.24, 2.45) is 0 Å². The molecule has 30 heavy (non-hydrogen) atoms. The number of para-hydroxylation sites is 2. The van der Waals surface area contributed by atoms with E-state index in [0.29, 0.717) is 24.0 Å². The molecule has 150 valence electrons. The van der Waals surface area contributed by atoms with Gasteiger partial charge in [0.2, 0.25) is 5.95 Å². The number of benzene rings is 3. The lowest BCUT2D eigenvalue weighted by molar-refractivity contribution is 0.398. The fraction of sp³-hybridized carbons (Fsp3) is 0.0870. The van der Waals surface area contributed by atoms with E-state index in [1.165, 1.54) is 0 Å². The molecule has 7 heteroatoms. The van der Waals surface area contributed by atoms with Crippen molar-refractivity contribution in [1.29, 1.82) is 0 Å². The van der Waals surface area contributed by atoms with E-state index in [4.69, 9.17) is 9.47 Å². The molecule has 3 aromatic carbocycles. The molecule has 0 unspecified atom stereocenters. The number of nitrogens with zero attached hydrogens (tertiary/aromatic N) is 3. The highest BCUT2D eigenvalue weighted by atomic mass is 16.5. The Hall–Kier alpha value is -4.13. The Morgan fingerprint density at radius 2 is 1.20 bits per heavy atom. The predicted octanol–water partition coefficient (Wildman–Crippen LogP) is 4.82. The molecule has 0 saturated carbocycles. The van der Waals surface area contributed by atoms with Crippen LogP contribution < -0.4 is 14.8 Å². The molecule has 0 aliphatic carbocycles. The standard InChI is InChI=1S/C23H20N4O3/c28-18-13-11-17(12-14-18)15-16-24-21-25-22(29-19-7-3-1-4-8-19)27-23(26-21)30-20-9-5-2-6-10-20/h1-14,28H,15-16H2,(H,24,25,26,27). The molecule has 0 radical (unpaired) electrons. The highest BCUT2D eigenvalue weighted by Crippen LogP contribution is 2.23. The van der Waals surface area contributed by atoms with Gasteiger partial charge in [0.05, 0.1) is 0 Å². The molecule has 1 heterocycles. The SMILES string of the molecule is Oc1ccc(CCNc2nc(Oc3ccccc3)nc(Oc3ccccc3)n2)cc1. The van der Waals surface area contributed by atoms with Gasteiger partial charge in [-0.05, 0) is 48.4 Å². The van der Waals surface area contributed by atoms with Crippen LogP contribution in [0.2, 0.25) is 0 Å². The van der Waals surface area contributed by atoms with Crippen LogP contribution in [0.1, 0.15) is 5.56 Å². The molecule has 0 fully saturated rings. The number of nitrogens with one attached hydrogen (secondary N) is 1. The summed E-state index contributed by atoms with van der Waals surface area (Å²) in [5.41, 5.74) is 1.08. The second kappa shape index (κ2) is 9.38. The van der Waals surface area contributed by atoms with E-state index in [1.807, 2.05) is 72.8 Å². The summed E-state index contributed by atoms with van der Waals surface area (Å²) in [5.74, 6) is 1.82. The smallest absolute Gasteiger partial charge is 0.330 e. The number of aromatic nitrogens is 3. The van der Waals surface area contributed by atoms with E-state index < -0.39 is 0 Å². The van der Waals surface area contributed by atoms with Crippen LogP contribution in [0.5, 0.6) is 29.3 Å². The zero-order valence-electron chi connectivity index (χ0n) is 16.1. The first-order chi connectivity index (χ1) is 14.7. The fourth-order valence-corrected chi connectivity index (χ4v) is 2.68. The van der Waals surface area contributed by atoms with Crippen LogP contribution in [0.25, 0.3) is 0 Å². The number of phenols is 1. The first-order valence-corrected chi connectivity index (χ1v) is 9.48. The molecular formula is C23H20N4O3. The zero-order valence-corrected chi connectivity index (χ0v) is 16.1. The van der Waals surface area contributed by atoms with Gasteiger partial charge in [-0.1, -0.05) is 48.5 Å². The molecule has 0 bridgehead atoms. The minimum absolute atomic E-state index is 0.134. The number of hydrogen-bond donors (Lipinski definition) is 2. The van der Waals surface area contributed by atoms with Crippen LogP contribution >= 0.6 is 0 Å². The van der Waals surface area contributed by atoms with Crippen LogP contribution in [0.15, 0.2) is 84.9 Å². The summed E-state index contributed by atoms with van der Waals surface area (Å²) >= 11 is 0. The van der Waals surface area contributed by atoms with Crippen molar-refractivity contribution in [2.75, 3.05) is 11.9 Å². The van der Waals surface area contributed by atoms with Crippen LogP contribution in [0.3, 0.4) is 0 Å². The maximum absolute atomic E-state index is 9.39. The van der Waals surface area contributed by atoms with Crippen molar-refractivity contribution >= 4 is 5.95 Å². The van der Waals surface area contributed by atoms with E-state index in [1.54, 1.807) is 12.1 Å². The Morgan fingerprint density at radius 3 is 1.73 bits per heavy atom. The molecule has 0 aliphatic heterocycles. The van der Waals surface area contributed by atoms with Gasteiger partial charge in [0.1, 0.15) is 17.2 Å². The fourth-order valence-electron chi connectivity index (χ4n) is 2.68. The summed E-state index contributed by atoms with van der Waals surface area (Å²) in [5, 5.41) is 12.6. The van der Waals surface area contributed by atoms with Crippen LogP contribution in [0.4, 0.5) is 5.95 Å². The lowest BCUT2D eigenvalue weighted by Crippen LogP contribution is -2.10. The number of phenolic OH excluding ortho intramolecular Hbond substituents is 1. The van der Waals surface area contributed by atoms with E-state index in [0.717, 1.165) is 12.0 Å². The van der Waals surface area contributed by atoms with Crippen molar-refractivity contribution < 1.29 is 14.6 Å². The summed E-state index contributed by atoms with van der Waals surface area (Å²) in [6.45, 7) is 0.588. The van der Waals surface area contributed by atoms with Crippen molar-refractivity contribution in [3.63, 3.8) is 0 Å². The highest BCUT2D eigenvalue weighted by Gasteiger charge is 2.11. The molecule has 1 aromatic heterocycles. The summed E-state index contributed by atoms with van der Waals surface area (Å²) in [6.07, 6.45) is 0.732. The Bertz CT molecular complexity index is 1010. The lowest BCUT2D eigenvalue weighted by atomic mass is 10.1. The normalized spacial score (nSPS) is 10.4. The van der Waals surface area contributed by atoms with Crippen molar-refractivity contribution in [1.82, 2.24) is 15.0 Å². The Labute approximate surface area is 174 Å². The Kier molecular flexibility index (Phi) is 6.00. The van der Waals surface area contributed by atoms with Gasteiger partial charge >= 0.3 is 12.0 Å². The van der Waals surface area contributed by atoms with Crippen LogP contribution in [-0.4, -0.2) is 26.6 Å². The van der Waals surface area contributed by atoms with Gasteiger partial charge in [-0.15, -0.1) is 4.98 Å². The third kappa shape index (κ3) is 5.45. The minimum atomic E-state index is 0.134. The van der Waals surface area contributed by atoms with Gasteiger partial charge in [0.25, 0.3) is 0 Å². The van der Waals surface area contributed by atoms with Gasteiger partial charge in [-0.2, -0.15) is 9.97 Å².